The third-order valence-electron chi connectivity index (χ3n) is 4.36. The number of ether oxygens (including phenoxy) is 2. The Morgan fingerprint density at radius 2 is 1.96 bits per heavy atom. The molecule has 0 bridgehead atoms. The van der Waals surface area contributed by atoms with E-state index in [1.54, 1.807) is 14.2 Å². The Morgan fingerprint density at radius 3 is 2.79 bits per heavy atom. The number of nitrogens with zero attached hydrogens (tertiary/aromatic N) is 1. The van der Waals surface area contributed by atoms with Gasteiger partial charge in [0.25, 0.3) is 0 Å². The topological polar surface area (TPSA) is 76.2 Å². The van der Waals surface area contributed by atoms with Crippen molar-refractivity contribution < 1.29 is 14.3 Å². The minimum atomic E-state index is -0.0981. The molecule has 4 aromatic rings. The first-order valence-corrected chi connectivity index (χ1v) is 9.58. The molecule has 0 radical (unpaired) electrons. The minimum Gasteiger partial charge on any atom is -0.493 e. The van der Waals surface area contributed by atoms with E-state index in [4.69, 9.17) is 9.47 Å². The molecule has 142 valence electrons. The van der Waals surface area contributed by atoms with Gasteiger partial charge in [0, 0.05) is 33.7 Å². The van der Waals surface area contributed by atoms with E-state index in [9.17, 15) is 4.79 Å². The lowest BCUT2D eigenvalue weighted by molar-refractivity contribution is -0.115. The summed E-state index contributed by atoms with van der Waals surface area (Å²) >= 11 is 1.49. The summed E-state index contributed by atoms with van der Waals surface area (Å²) in [5.41, 5.74) is 3.46. The van der Waals surface area contributed by atoms with Gasteiger partial charge in [-0.3, -0.25) is 4.79 Å². The van der Waals surface area contributed by atoms with E-state index in [0.29, 0.717) is 11.5 Å². The second-order valence-corrected chi connectivity index (χ2v) is 7.08. The molecule has 0 aliphatic carbocycles. The predicted octanol–water partition coefficient (Wildman–Crippen LogP) is 4.49. The molecule has 7 heteroatoms. The Morgan fingerprint density at radius 1 is 1.11 bits per heavy atom. The molecule has 0 aliphatic rings. The smallest absolute Gasteiger partial charge is 0.230 e. The number of hydrogen-bond acceptors (Lipinski definition) is 5. The molecular weight excluding hydrogens is 374 g/mol. The van der Waals surface area contributed by atoms with Gasteiger partial charge in [0.05, 0.1) is 26.3 Å². The maximum atomic E-state index is 12.4. The van der Waals surface area contributed by atoms with E-state index in [2.05, 4.69) is 15.3 Å². The van der Waals surface area contributed by atoms with Crippen molar-refractivity contribution in [3.05, 3.63) is 59.7 Å². The van der Waals surface area contributed by atoms with Crippen LogP contribution in [0.2, 0.25) is 0 Å². The van der Waals surface area contributed by atoms with Gasteiger partial charge in [-0.2, -0.15) is 0 Å². The lowest BCUT2D eigenvalue weighted by atomic mass is 10.2. The predicted molar refractivity (Wildman–Crippen MR) is 111 cm³/mol. The Bertz CT molecular complexity index is 1130. The summed E-state index contributed by atoms with van der Waals surface area (Å²) in [6, 6.07) is 13.4. The molecule has 1 amide bonds. The molecule has 2 N–H and O–H groups in total. The van der Waals surface area contributed by atoms with Crippen molar-refractivity contribution in [2.75, 3.05) is 19.5 Å². The number of H-pyrrole nitrogens is 1. The van der Waals surface area contributed by atoms with Gasteiger partial charge in [-0.1, -0.05) is 0 Å². The van der Waals surface area contributed by atoms with Crippen LogP contribution in [0.25, 0.3) is 21.5 Å². The monoisotopic (exact) mass is 393 g/mol. The molecule has 28 heavy (non-hydrogen) atoms. The third kappa shape index (κ3) is 3.70. The number of carbonyl (C=O) groups excluding carboxylic acids is 1. The van der Waals surface area contributed by atoms with Crippen LogP contribution in [0, 0.1) is 0 Å². The van der Waals surface area contributed by atoms with E-state index >= 15 is 0 Å². The number of thiazole rings is 1. The molecule has 6 nitrogen and oxygen atoms in total. The van der Waals surface area contributed by atoms with E-state index in [-0.39, 0.29) is 12.3 Å². The molecule has 2 heterocycles. The van der Waals surface area contributed by atoms with Gasteiger partial charge in [0.1, 0.15) is 5.01 Å². The van der Waals surface area contributed by atoms with Crippen molar-refractivity contribution in [3.63, 3.8) is 0 Å². The number of methoxy groups -OCH3 is 2. The van der Waals surface area contributed by atoms with Gasteiger partial charge in [-0.15, -0.1) is 11.3 Å². The summed E-state index contributed by atoms with van der Waals surface area (Å²) in [5, 5.41) is 6.72. The van der Waals surface area contributed by atoms with Crippen LogP contribution in [0.5, 0.6) is 11.5 Å². The average Bonchev–Trinajstić information content (AvgIpc) is 3.36. The first kappa shape index (κ1) is 18.1. The number of hydrogen-bond donors (Lipinski definition) is 2. The molecule has 2 aromatic carbocycles. The van der Waals surface area contributed by atoms with Gasteiger partial charge >= 0.3 is 0 Å². The van der Waals surface area contributed by atoms with Crippen molar-refractivity contribution in [2.45, 2.75) is 6.42 Å². The summed E-state index contributed by atoms with van der Waals surface area (Å²) in [5.74, 6) is 1.22. The highest BCUT2D eigenvalue weighted by atomic mass is 32.1. The molecule has 0 atom stereocenters. The molecule has 0 saturated heterocycles. The standard InChI is InChI=1S/C21H19N3O3S/c1-26-18-6-3-14(10-19(18)27-2)21-24-16(12-28-21)11-20(25)23-15-4-5-17-13(9-15)7-8-22-17/h3-10,12,22H,11H2,1-2H3,(H,23,25). The number of fused-ring (bicyclic) bond motifs is 1. The number of aromatic nitrogens is 2. The second kappa shape index (κ2) is 7.74. The molecule has 4 rings (SSSR count). The van der Waals surface area contributed by atoms with Crippen molar-refractivity contribution >= 4 is 33.8 Å². The number of aromatic amines is 1. The van der Waals surface area contributed by atoms with E-state index in [1.165, 1.54) is 11.3 Å². The summed E-state index contributed by atoms with van der Waals surface area (Å²) in [6.45, 7) is 0. The summed E-state index contributed by atoms with van der Waals surface area (Å²) < 4.78 is 10.6. The minimum absolute atomic E-state index is 0.0981. The van der Waals surface area contributed by atoms with Crippen LogP contribution in [0.15, 0.2) is 54.0 Å². The molecule has 0 fully saturated rings. The fraction of sp³-hybridized carbons (Fsp3) is 0.143. The highest BCUT2D eigenvalue weighted by molar-refractivity contribution is 7.13. The highest BCUT2D eigenvalue weighted by Gasteiger charge is 2.12. The van der Waals surface area contributed by atoms with Crippen LogP contribution in [0.1, 0.15) is 5.69 Å². The molecule has 0 saturated carbocycles. The molecule has 0 unspecified atom stereocenters. The molecule has 0 spiro atoms. The van der Waals surface area contributed by atoms with E-state index in [0.717, 1.165) is 32.9 Å². The third-order valence-corrected chi connectivity index (χ3v) is 5.30. The maximum Gasteiger partial charge on any atom is 0.230 e. The summed E-state index contributed by atoms with van der Waals surface area (Å²) in [6.07, 6.45) is 2.09. The van der Waals surface area contributed by atoms with Crippen LogP contribution >= 0.6 is 11.3 Å². The van der Waals surface area contributed by atoms with Crippen LogP contribution < -0.4 is 14.8 Å². The van der Waals surface area contributed by atoms with Crippen LogP contribution in [-0.4, -0.2) is 30.1 Å². The van der Waals surface area contributed by atoms with E-state index < -0.39 is 0 Å². The van der Waals surface area contributed by atoms with Crippen LogP contribution in [0.4, 0.5) is 5.69 Å². The largest absolute Gasteiger partial charge is 0.493 e. The lowest BCUT2D eigenvalue weighted by Crippen LogP contribution is -2.14. The van der Waals surface area contributed by atoms with Crippen LogP contribution in [-0.2, 0) is 11.2 Å². The highest BCUT2D eigenvalue weighted by Crippen LogP contribution is 2.33. The first-order chi connectivity index (χ1) is 13.7. The Balaban J connectivity index is 1.46. The summed E-state index contributed by atoms with van der Waals surface area (Å²) in [4.78, 5) is 20.1. The van der Waals surface area contributed by atoms with Crippen molar-refractivity contribution in [1.29, 1.82) is 0 Å². The maximum absolute atomic E-state index is 12.4. The van der Waals surface area contributed by atoms with Crippen LogP contribution in [0.3, 0.4) is 0 Å². The first-order valence-electron chi connectivity index (χ1n) is 8.70. The Labute approximate surface area is 166 Å². The number of rotatable bonds is 6. The van der Waals surface area contributed by atoms with Gasteiger partial charge in [-0.25, -0.2) is 4.98 Å². The van der Waals surface area contributed by atoms with Gasteiger partial charge in [0.2, 0.25) is 5.91 Å². The zero-order valence-electron chi connectivity index (χ0n) is 15.5. The van der Waals surface area contributed by atoms with Gasteiger partial charge < -0.3 is 19.8 Å². The zero-order chi connectivity index (χ0) is 19.5. The number of amides is 1. The average molecular weight is 393 g/mol. The Hall–Kier alpha value is -3.32. The van der Waals surface area contributed by atoms with Gasteiger partial charge in [0.15, 0.2) is 11.5 Å². The van der Waals surface area contributed by atoms with E-state index in [1.807, 2.05) is 54.0 Å². The molecule has 0 aliphatic heterocycles. The fourth-order valence-corrected chi connectivity index (χ4v) is 3.81. The molecular formula is C21H19N3O3S. The number of benzene rings is 2. The number of anilines is 1. The lowest BCUT2D eigenvalue weighted by Gasteiger charge is -2.08. The van der Waals surface area contributed by atoms with Crippen molar-refractivity contribution in [2.24, 2.45) is 0 Å². The zero-order valence-corrected chi connectivity index (χ0v) is 16.3. The van der Waals surface area contributed by atoms with Gasteiger partial charge in [-0.05, 0) is 42.5 Å². The van der Waals surface area contributed by atoms with Crippen molar-refractivity contribution in [3.8, 4) is 22.1 Å². The fourth-order valence-electron chi connectivity index (χ4n) is 2.99. The van der Waals surface area contributed by atoms with Crippen molar-refractivity contribution in [1.82, 2.24) is 9.97 Å². The normalized spacial score (nSPS) is 10.8. The summed E-state index contributed by atoms with van der Waals surface area (Å²) in [7, 11) is 3.20. The molecule has 2 aromatic heterocycles. The quantitative estimate of drug-likeness (QED) is 0.506. The number of carbonyl (C=O) groups is 1. The SMILES string of the molecule is COc1ccc(-c2nc(CC(=O)Nc3ccc4[nH]ccc4c3)cs2)cc1OC. The Kier molecular flexibility index (Phi) is 4.99. The second-order valence-electron chi connectivity index (χ2n) is 6.22. The number of nitrogens with one attached hydrogen (secondary N) is 2.